The van der Waals surface area contributed by atoms with E-state index in [1.54, 1.807) is 6.08 Å². The zero-order chi connectivity index (χ0) is 11.8. The summed E-state index contributed by atoms with van der Waals surface area (Å²) in [6.45, 7) is 0. The van der Waals surface area contributed by atoms with E-state index < -0.39 is 11.7 Å². The minimum absolute atomic E-state index is 0.317. The fraction of sp³-hybridized carbons (Fsp3) is 0.182. The molecule has 0 fully saturated rings. The molecular formula is C11H8F3NO. The second-order valence-electron chi connectivity index (χ2n) is 3.47. The van der Waals surface area contributed by atoms with Crippen molar-refractivity contribution in [1.29, 1.82) is 0 Å². The van der Waals surface area contributed by atoms with Crippen LogP contribution in [0.2, 0.25) is 0 Å². The van der Waals surface area contributed by atoms with Gasteiger partial charge in [0.15, 0.2) is 0 Å². The fourth-order valence-electron chi connectivity index (χ4n) is 1.53. The van der Waals surface area contributed by atoms with E-state index in [1.165, 1.54) is 12.1 Å². The van der Waals surface area contributed by atoms with Crippen molar-refractivity contribution in [2.75, 3.05) is 5.32 Å². The molecule has 5 heteroatoms. The molecule has 0 bridgehead atoms. The van der Waals surface area contributed by atoms with Crippen LogP contribution < -0.4 is 5.32 Å². The van der Waals surface area contributed by atoms with Gasteiger partial charge in [0.25, 0.3) is 0 Å². The van der Waals surface area contributed by atoms with Crippen molar-refractivity contribution in [3.63, 3.8) is 0 Å². The number of halogens is 3. The van der Waals surface area contributed by atoms with Crippen molar-refractivity contribution in [1.82, 2.24) is 0 Å². The number of rotatable bonds is 0. The van der Waals surface area contributed by atoms with Gasteiger partial charge in [-0.15, -0.1) is 0 Å². The highest BCUT2D eigenvalue weighted by Crippen LogP contribution is 2.32. The first-order valence-corrected chi connectivity index (χ1v) is 4.64. The summed E-state index contributed by atoms with van der Waals surface area (Å²) in [5.74, 6) is -0.321. The number of allylic oxidation sites excluding steroid dienone is 1. The Morgan fingerprint density at radius 2 is 2.00 bits per heavy atom. The first-order valence-electron chi connectivity index (χ1n) is 4.64. The van der Waals surface area contributed by atoms with Crippen molar-refractivity contribution in [2.24, 2.45) is 0 Å². The summed E-state index contributed by atoms with van der Waals surface area (Å²) in [7, 11) is 0. The normalized spacial score (nSPS) is 15.3. The highest BCUT2D eigenvalue weighted by atomic mass is 19.4. The maximum Gasteiger partial charge on any atom is 0.416 e. The average molecular weight is 227 g/mol. The topological polar surface area (TPSA) is 29.1 Å². The molecule has 1 heterocycles. The SMILES string of the molecule is O=C1C=CCc2cc(C(F)(F)F)ccc2N1. The van der Waals surface area contributed by atoms with Crippen molar-refractivity contribution in [3.8, 4) is 0 Å². The van der Waals surface area contributed by atoms with Crippen LogP contribution in [-0.2, 0) is 17.4 Å². The minimum Gasteiger partial charge on any atom is -0.322 e. The number of amides is 1. The standard InChI is InChI=1S/C11H8F3NO/c12-11(13,14)8-4-5-9-7(6-8)2-1-3-10(16)15-9/h1,3-6H,2H2,(H,15,16). The Balaban J connectivity index is 2.43. The Hall–Kier alpha value is -1.78. The first-order chi connectivity index (χ1) is 7.47. The summed E-state index contributed by atoms with van der Waals surface area (Å²) in [6.07, 6.45) is -1.18. The molecule has 1 N–H and O–H groups in total. The number of anilines is 1. The van der Waals surface area contributed by atoms with Crippen LogP contribution in [0.4, 0.5) is 18.9 Å². The molecule has 84 valence electrons. The lowest BCUT2D eigenvalue weighted by Gasteiger charge is -2.11. The van der Waals surface area contributed by atoms with Gasteiger partial charge >= 0.3 is 6.18 Å². The number of benzene rings is 1. The van der Waals surface area contributed by atoms with Crippen LogP contribution >= 0.6 is 0 Å². The largest absolute Gasteiger partial charge is 0.416 e. The molecule has 16 heavy (non-hydrogen) atoms. The van der Waals surface area contributed by atoms with Crippen LogP contribution in [-0.4, -0.2) is 5.91 Å². The predicted molar refractivity (Wildman–Crippen MR) is 52.9 cm³/mol. The van der Waals surface area contributed by atoms with Crippen molar-refractivity contribution < 1.29 is 18.0 Å². The summed E-state index contributed by atoms with van der Waals surface area (Å²) in [5.41, 5.74) is 0.204. The number of carbonyl (C=O) groups excluding carboxylic acids is 1. The van der Waals surface area contributed by atoms with Crippen LogP contribution in [0.15, 0.2) is 30.4 Å². The second-order valence-corrected chi connectivity index (χ2v) is 3.47. The Kier molecular flexibility index (Phi) is 2.46. The average Bonchev–Trinajstić information content (AvgIpc) is 2.35. The van der Waals surface area contributed by atoms with Gasteiger partial charge in [-0.05, 0) is 36.3 Å². The molecule has 0 radical (unpaired) electrons. The molecule has 1 amide bonds. The third-order valence-electron chi connectivity index (χ3n) is 2.30. The molecule has 1 aromatic carbocycles. The van der Waals surface area contributed by atoms with Crippen LogP contribution in [0.1, 0.15) is 11.1 Å². The zero-order valence-corrected chi connectivity index (χ0v) is 8.14. The first kappa shape index (κ1) is 10.7. The number of hydrogen-bond acceptors (Lipinski definition) is 1. The van der Waals surface area contributed by atoms with E-state index in [9.17, 15) is 18.0 Å². The Morgan fingerprint density at radius 3 is 2.69 bits per heavy atom. The van der Waals surface area contributed by atoms with Crippen LogP contribution in [0, 0.1) is 0 Å². The molecule has 0 unspecified atom stereocenters. The van der Waals surface area contributed by atoms with Gasteiger partial charge in [-0.1, -0.05) is 6.08 Å². The summed E-state index contributed by atoms with van der Waals surface area (Å²) in [5, 5.41) is 2.51. The molecule has 1 aliphatic rings. The molecule has 0 aromatic heterocycles. The summed E-state index contributed by atoms with van der Waals surface area (Å²) >= 11 is 0. The number of hydrogen-bond donors (Lipinski definition) is 1. The number of nitrogens with one attached hydrogen (secondary N) is 1. The van der Waals surface area contributed by atoms with Crippen molar-refractivity contribution >= 4 is 11.6 Å². The van der Waals surface area contributed by atoms with Crippen LogP contribution in [0.5, 0.6) is 0 Å². The van der Waals surface area contributed by atoms with Gasteiger partial charge in [0, 0.05) is 5.69 Å². The molecular weight excluding hydrogens is 219 g/mol. The molecule has 2 nitrogen and oxygen atoms in total. The maximum absolute atomic E-state index is 12.4. The minimum atomic E-state index is -4.35. The molecule has 2 rings (SSSR count). The van der Waals surface area contributed by atoms with E-state index in [2.05, 4.69) is 5.32 Å². The van der Waals surface area contributed by atoms with Crippen molar-refractivity contribution in [3.05, 3.63) is 41.5 Å². The summed E-state index contributed by atoms with van der Waals surface area (Å²) in [6, 6.07) is 3.30. The van der Waals surface area contributed by atoms with Gasteiger partial charge in [-0.25, -0.2) is 0 Å². The lowest BCUT2D eigenvalue weighted by atomic mass is 10.1. The molecule has 0 saturated carbocycles. The maximum atomic E-state index is 12.4. The highest BCUT2D eigenvalue weighted by molar-refractivity contribution is 6.00. The van der Waals surface area contributed by atoms with E-state index in [4.69, 9.17) is 0 Å². The fourth-order valence-corrected chi connectivity index (χ4v) is 1.53. The Morgan fingerprint density at radius 1 is 1.25 bits per heavy atom. The smallest absolute Gasteiger partial charge is 0.322 e. The summed E-state index contributed by atoms with van der Waals surface area (Å²) in [4.78, 5) is 11.1. The van der Waals surface area contributed by atoms with E-state index >= 15 is 0 Å². The number of fused-ring (bicyclic) bond motifs is 1. The van der Waals surface area contributed by atoms with E-state index in [-0.39, 0.29) is 5.91 Å². The molecule has 0 atom stereocenters. The quantitative estimate of drug-likeness (QED) is 0.725. The van der Waals surface area contributed by atoms with Gasteiger partial charge in [0.2, 0.25) is 5.91 Å². The van der Waals surface area contributed by atoms with Crippen LogP contribution in [0.3, 0.4) is 0 Å². The molecule has 0 saturated heterocycles. The van der Waals surface area contributed by atoms with Gasteiger partial charge in [0.05, 0.1) is 5.56 Å². The predicted octanol–water partition coefficient (Wildman–Crippen LogP) is 2.76. The van der Waals surface area contributed by atoms with Crippen LogP contribution in [0.25, 0.3) is 0 Å². The molecule has 0 spiro atoms. The van der Waals surface area contributed by atoms with Gasteiger partial charge in [-0.3, -0.25) is 4.79 Å². The Bertz CT molecular complexity index is 463. The van der Waals surface area contributed by atoms with Crippen molar-refractivity contribution in [2.45, 2.75) is 12.6 Å². The number of alkyl halides is 3. The molecule has 0 aliphatic carbocycles. The lowest BCUT2D eigenvalue weighted by molar-refractivity contribution is -0.137. The van der Waals surface area contributed by atoms with Gasteiger partial charge in [0.1, 0.15) is 0 Å². The second kappa shape index (κ2) is 3.66. The third-order valence-corrected chi connectivity index (χ3v) is 2.30. The van der Waals surface area contributed by atoms with E-state index in [1.807, 2.05) is 0 Å². The molecule has 1 aliphatic heterocycles. The van der Waals surface area contributed by atoms with E-state index in [0.717, 1.165) is 12.1 Å². The summed E-state index contributed by atoms with van der Waals surface area (Å²) < 4.78 is 37.3. The van der Waals surface area contributed by atoms with E-state index in [0.29, 0.717) is 17.7 Å². The molecule has 1 aromatic rings. The van der Waals surface area contributed by atoms with Gasteiger partial charge in [-0.2, -0.15) is 13.2 Å². The third kappa shape index (κ3) is 2.08. The lowest BCUT2D eigenvalue weighted by Crippen LogP contribution is -2.09. The number of carbonyl (C=O) groups is 1. The highest BCUT2D eigenvalue weighted by Gasteiger charge is 2.31. The monoisotopic (exact) mass is 227 g/mol. The zero-order valence-electron chi connectivity index (χ0n) is 8.14. The Labute approximate surface area is 89.8 Å². The van der Waals surface area contributed by atoms with Gasteiger partial charge < -0.3 is 5.32 Å².